The number of phosphoric ester groups is 2. The summed E-state index contributed by atoms with van der Waals surface area (Å²) >= 11 is 0. The third-order valence-electron chi connectivity index (χ3n) is 17.4. The van der Waals surface area contributed by atoms with Crippen LogP contribution in [0.15, 0.2) is 0 Å². The summed E-state index contributed by atoms with van der Waals surface area (Å²) in [6.45, 7) is 11.8. The van der Waals surface area contributed by atoms with E-state index in [1.54, 1.807) is 0 Å². The molecule has 0 rings (SSSR count). The lowest BCUT2D eigenvalue weighted by atomic mass is 10.0. The zero-order valence-corrected chi connectivity index (χ0v) is 63.2. The van der Waals surface area contributed by atoms with Crippen molar-refractivity contribution in [2.24, 2.45) is 17.8 Å². The first-order chi connectivity index (χ1) is 45.2. The minimum Gasteiger partial charge on any atom is -0.462 e. The minimum atomic E-state index is -4.96. The molecule has 3 N–H and O–H groups in total. The Balaban J connectivity index is 5.19. The second kappa shape index (κ2) is 65.7. The van der Waals surface area contributed by atoms with E-state index in [1.807, 2.05) is 0 Å². The first kappa shape index (κ1) is 92.1. The Hall–Kier alpha value is -1.94. The van der Waals surface area contributed by atoms with Crippen molar-refractivity contribution in [2.75, 3.05) is 39.6 Å². The lowest BCUT2D eigenvalue weighted by molar-refractivity contribution is -0.161. The molecule has 19 heteroatoms. The van der Waals surface area contributed by atoms with Gasteiger partial charge in [-0.15, -0.1) is 0 Å². The van der Waals surface area contributed by atoms with Crippen molar-refractivity contribution in [3.63, 3.8) is 0 Å². The van der Waals surface area contributed by atoms with Crippen LogP contribution in [-0.4, -0.2) is 96.7 Å². The molecule has 0 aliphatic rings. The molecule has 2 unspecified atom stereocenters. The van der Waals surface area contributed by atoms with Gasteiger partial charge in [0.2, 0.25) is 0 Å². The molecule has 0 aliphatic heterocycles. The van der Waals surface area contributed by atoms with Crippen molar-refractivity contribution in [1.82, 2.24) is 0 Å². The number of hydrogen-bond donors (Lipinski definition) is 3. The van der Waals surface area contributed by atoms with E-state index in [4.69, 9.17) is 37.0 Å². The van der Waals surface area contributed by atoms with Gasteiger partial charge in [-0.05, 0) is 43.4 Å². The predicted molar refractivity (Wildman–Crippen MR) is 381 cm³/mol. The zero-order valence-electron chi connectivity index (χ0n) is 61.4. The first-order valence-corrected chi connectivity index (χ1v) is 41.8. The van der Waals surface area contributed by atoms with Gasteiger partial charge in [0.05, 0.1) is 26.4 Å². The molecule has 94 heavy (non-hydrogen) atoms. The van der Waals surface area contributed by atoms with Crippen LogP contribution in [0.5, 0.6) is 0 Å². The molecular formula is C75H146O17P2. The molecule has 0 radical (unpaired) electrons. The van der Waals surface area contributed by atoms with Crippen LogP contribution >= 0.6 is 15.6 Å². The van der Waals surface area contributed by atoms with E-state index in [9.17, 15) is 43.2 Å². The van der Waals surface area contributed by atoms with E-state index in [0.717, 1.165) is 108 Å². The summed E-state index contributed by atoms with van der Waals surface area (Å²) in [4.78, 5) is 72.7. The Morgan fingerprint density at radius 3 is 0.723 bits per heavy atom. The Labute approximate surface area is 575 Å². The van der Waals surface area contributed by atoms with Crippen molar-refractivity contribution < 1.29 is 80.2 Å². The first-order valence-electron chi connectivity index (χ1n) is 38.8. The van der Waals surface area contributed by atoms with Gasteiger partial charge >= 0.3 is 39.5 Å². The van der Waals surface area contributed by atoms with Gasteiger partial charge in [-0.1, -0.05) is 331 Å². The average molecular weight is 1380 g/mol. The van der Waals surface area contributed by atoms with Gasteiger partial charge in [-0.25, -0.2) is 9.13 Å². The fourth-order valence-electron chi connectivity index (χ4n) is 11.4. The van der Waals surface area contributed by atoms with Gasteiger partial charge < -0.3 is 33.8 Å². The van der Waals surface area contributed by atoms with Gasteiger partial charge in [0, 0.05) is 25.7 Å². The third kappa shape index (κ3) is 68.6. The molecule has 0 saturated carbocycles. The van der Waals surface area contributed by atoms with Crippen LogP contribution in [0, 0.1) is 17.8 Å². The van der Waals surface area contributed by atoms with Crippen molar-refractivity contribution in [3.05, 3.63) is 0 Å². The molecule has 0 aromatic heterocycles. The molecule has 0 spiro atoms. The van der Waals surface area contributed by atoms with Crippen molar-refractivity contribution in [1.29, 1.82) is 0 Å². The highest BCUT2D eigenvalue weighted by Crippen LogP contribution is 2.45. The van der Waals surface area contributed by atoms with Crippen LogP contribution in [0.1, 0.15) is 382 Å². The second-order valence-corrected chi connectivity index (χ2v) is 31.4. The van der Waals surface area contributed by atoms with Crippen LogP contribution in [0.3, 0.4) is 0 Å². The van der Waals surface area contributed by atoms with Crippen molar-refractivity contribution >= 4 is 39.5 Å². The fraction of sp³-hybridized carbons (Fsp3) is 0.947. The highest BCUT2D eigenvalue weighted by atomic mass is 31.2. The maximum absolute atomic E-state index is 13.1. The Morgan fingerprint density at radius 1 is 0.287 bits per heavy atom. The van der Waals surface area contributed by atoms with E-state index in [2.05, 4.69) is 48.5 Å². The van der Waals surface area contributed by atoms with E-state index >= 15 is 0 Å². The molecule has 17 nitrogen and oxygen atoms in total. The molecule has 0 heterocycles. The monoisotopic (exact) mass is 1380 g/mol. The highest BCUT2D eigenvalue weighted by Gasteiger charge is 2.30. The van der Waals surface area contributed by atoms with Crippen LogP contribution in [0.4, 0.5) is 0 Å². The quantitative estimate of drug-likeness (QED) is 0.0222. The van der Waals surface area contributed by atoms with Gasteiger partial charge in [-0.2, -0.15) is 0 Å². The number of esters is 4. The lowest BCUT2D eigenvalue weighted by Crippen LogP contribution is -2.30. The zero-order chi connectivity index (χ0) is 69.4. The van der Waals surface area contributed by atoms with Crippen molar-refractivity contribution in [2.45, 2.75) is 401 Å². The maximum atomic E-state index is 13.1. The maximum Gasteiger partial charge on any atom is 0.472 e. The number of aliphatic hydroxyl groups excluding tert-OH is 1. The standard InChI is InChI=1S/C75H146O17P2/c1-8-9-10-11-12-13-14-24-27-35-42-49-56-72(77)85-62-70(91-74(79)58-51-44-36-28-25-22-20-18-16-15-17-19-21-23-26-32-39-46-53-66(2)3)64-89-93(81,82)87-60-69(76)61-88-94(83,84)90-65-71(63-86-73(78)57-50-43-38-31-34-41-48-55-68(6)7)92-75(80)59-52-45-37-30-29-33-40-47-54-67(4)5/h66-71,76H,8-65H2,1-7H3,(H,81,82)(H,83,84)/t69-,70-,71-/m1/s1. The lowest BCUT2D eigenvalue weighted by Gasteiger charge is -2.21. The molecule has 558 valence electrons. The Morgan fingerprint density at radius 2 is 0.489 bits per heavy atom. The number of rotatable bonds is 73. The fourth-order valence-corrected chi connectivity index (χ4v) is 13.0. The molecule has 0 aromatic carbocycles. The molecule has 5 atom stereocenters. The average Bonchev–Trinajstić information content (AvgIpc) is 1.42. The summed E-state index contributed by atoms with van der Waals surface area (Å²) < 4.78 is 68.4. The summed E-state index contributed by atoms with van der Waals surface area (Å²) in [7, 11) is -9.91. The van der Waals surface area contributed by atoms with Gasteiger partial charge in [0.15, 0.2) is 12.2 Å². The molecule has 0 bridgehead atoms. The van der Waals surface area contributed by atoms with Gasteiger partial charge in [0.25, 0.3) is 0 Å². The molecule has 0 aliphatic carbocycles. The highest BCUT2D eigenvalue weighted by molar-refractivity contribution is 7.47. The topological polar surface area (TPSA) is 237 Å². The molecule has 0 amide bonds. The largest absolute Gasteiger partial charge is 0.472 e. The third-order valence-corrected chi connectivity index (χ3v) is 19.3. The normalized spacial score (nSPS) is 14.1. The predicted octanol–water partition coefficient (Wildman–Crippen LogP) is 21.8. The SMILES string of the molecule is CCCCCCCCCCCCCCC(=O)OC[C@H](COP(=O)(O)OC[C@@H](O)COP(=O)(O)OC[C@@H](COC(=O)CCCCCCCCCC(C)C)OC(=O)CCCCCCCCCCC(C)C)OC(=O)CCCCCCCCCCCCCCCCCCCCC(C)C. The molecule has 0 fully saturated rings. The van der Waals surface area contributed by atoms with E-state index in [-0.39, 0.29) is 25.7 Å². The summed E-state index contributed by atoms with van der Waals surface area (Å²) in [5.41, 5.74) is 0. The van der Waals surface area contributed by atoms with E-state index in [0.29, 0.717) is 31.6 Å². The summed E-state index contributed by atoms with van der Waals surface area (Å²) in [6, 6.07) is 0. The van der Waals surface area contributed by atoms with E-state index in [1.165, 1.54) is 186 Å². The smallest absolute Gasteiger partial charge is 0.462 e. The number of unbranched alkanes of at least 4 members (excludes halogenated alkanes) is 41. The van der Waals surface area contributed by atoms with Crippen LogP contribution < -0.4 is 0 Å². The Kier molecular flexibility index (Phi) is 64.3. The molecule has 0 aromatic rings. The summed E-state index contributed by atoms with van der Waals surface area (Å²) in [5, 5.41) is 10.6. The van der Waals surface area contributed by atoms with E-state index < -0.39 is 97.5 Å². The van der Waals surface area contributed by atoms with Crippen molar-refractivity contribution in [3.8, 4) is 0 Å². The number of hydrogen-bond acceptors (Lipinski definition) is 15. The number of phosphoric acid groups is 2. The summed E-state index contributed by atoms with van der Waals surface area (Å²) in [6.07, 6.45) is 51.5. The number of ether oxygens (including phenoxy) is 4. The van der Waals surface area contributed by atoms with Crippen LogP contribution in [0.2, 0.25) is 0 Å². The number of carbonyl (C=O) groups is 4. The minimum absolute atomic E-state index is 0.104. The van der Waals surface area contributed by atoms with Gasteiger partial charge in [-0.3, -0.25) is 37.3 Å². The number of carbonyl (C=O) groups excluding carboxylic acids is 4. The van der Waals surface area contributed by atoms with Crippen LogP contribution in [-0.2, 0) is 65.4 Å². The molecule has 0 saturated heterocycles. The summed E-state index contributed by atoms with van der Waals surface area (Å²) in [5.74, 6) is 0.122. The van der Waals surface area contributed by atoms with Crippen LogP contribution in [0.25, 0.3) is 0 Å². The number of aliphatic hydroxyl groups is 1. The van der Waals surface area contributed by atoms with Gasteiger partial charge in [0.1, 0.15) is 19.3 Å². The Bertz CT molecular complexity index is 1840. The molecular weight excluding hydrogens is 1230 g/mol. The second-order valence-electron chi connectivity index (χ2n) is 28.5.